The quantitative estimate of drug-likeness (QED) is 0.484. The molecule has 1 aliphatic carbocycles. The molecular formula is C9H14N. The minimum atomic E-state index is 0.738. The molecule has 1 heteroatoms. The van der Waals surface area contributed by atoms with Crippen molar-refractivity contribution in [1.82, 2.24) is 0 Å². The van der Waals surface area contributed by atoms with Crippen LogP contribution in [-0.4, -0.2) is 12.8 Å². The molecule has 2 rings (SSSR count). The molecule has 1 heterocycles. The Kier molecular flexibility index (Phi) is 1.74. The van der Waals surface area contributed by atoms with Gasteiger partial charge in [-0.3, -0.25) is 4.99 Å². The molecule has 1 saturated carbocycles. The van der Waals surface area contributed by atoms with E-state index in [1.54, 1.807) is 0 Å². The average Bonchev–Trinajstić information content (AvgIpc) is 2.05. The second kappa shape index (κ2) is 2.73. The SMILES string of the molecule is [C]1=NCCC2CCCCC12. The third kappa shape index (κ3) is 1.09. The molecule has 0 amide bonds. The summed E-state index contributed by atoms with van der Waals surface area (Å²) in [5.41, 5.74) is 0. The van der Waals surface area contributed by atoms with E-state index in [-0.39, 0.29) is 0 Å². The number of fused-ring (bicyclic) bond motifs is 1. The Morgan fingerprint density at radius 1 is 1.10 bits per heavy atom. The van der Waals surface area contributed by atoms with Crippen LogP contribution in [0, 0.1) is 11.8 Å². The fraction of sp³-hybridized carbons (Fsp3) is 0.889. The molecule has 0 aromatic heterocycles. The van der Waals surface area contributed by atoms with Crippen LogP contribution in [0.5, 0.6) is 0 Å². The molecule has 1 radical (unpaired) electrons. The molecule has 1 nitrogen and oxygen atoms in total. The van der Waals surface area contributed by atoms with Crippen molar-refractivity contribution in [2.24, 2.45) is 16.8 Å². The van der Waals surface area contributed by atoms with Crippen LogP contribution in [0.3, 0.4) is 0 Å². The summed E-state index contributed by atoms with van der Waals surface area (Å²) in [7, 11) is 0. The summed E-state index contributed by atoms with van der Waals surface area (Å²) in [6.07, 6.45) is 10.2. The van der Waals surface area contributed by atoms with Gasteiger partial charge in [0.15, 0.2) is 0 Å². The van der Waals surface area contributed by atoms with E-state index in [0.29, 0.717) is 0 Å². The Bertz CT molecular complexity index is 140. The van der Waals surface area contributed by atoms with Crippen LogP contribution in [0.25, 0.3) is 0 Å². The summed E-state index contributed by atoms with van der Waals surface area (Å²) < 4.78 is 0. The number of nitrogens with zero attached hydrogens (tertiary/aromatic N) is 1. The van der Waals surface area contributed by atoms with Gasteiger partial charge in [0.25, 0.3) is 0 Å². The predicted molar refractivity (Wildman–Crippen MR) is 42.4 cm³/mol. The van der Waals surface area contributed by atoms with E-state index in [1.807, 2.05) is 0 Å². The first-order valence-electron chi connectivity index (χ1n) is 4.39. The highest BCUT2D eigenvalue weighted by molar-refractivity contribution is 5.62. The van der Waals surface area contributed by atoms with Crippen LogP contribution in [0.1, 0.15) is 32.1 Å². The lowest BCUT2D eigenvalue weighted by Gasteiger charge is -2.30. The first-order valence-corrected chi connectivity index (χ1v) is 4.39. The van der Waals surface area contributed by atoms with Crippen LogP contribution in [0.15, 0.2) is 4.99 Å². The summed E-state index contributed by atoms with van der Waals surface area (Å²) in [5, 5.41) is 0. The Morgan fingerprint density at radius 2 is 2.00 bits per heavy atom. The van der Waals surface area contributed by atoms with E-state index in [0.717, 1.165) is 18.4 Å². The highest BCUT2D eigenvalue weighted by Crippen LogP contribution is 2.32. The molecule has 0 N–H and O–H groups in total. The predicted octanol–water partition coefficient (Wildman–Crippen LogP) is 2.14. The molecule has 2 atom stereocenters. The van der Waals surface area contributed by atoms with Crippen LogP contribution >= 0.6 is 0 Å². The van der Waals surface area contributed by atoms with E-state index in [1.165, 1.54) is 32.1 Å². The van der Waals surface area contributed by atoms with Crippen molar-refractivity contribution in [2.75, 3.05) is 6.54 Å². The normalized spacial score (nSPS) is 39.2. The lowest BCUT2D eigenvalue weighted by atomic mass is 9.77. The monoisotopic (exact) mass is 136 g/mol. The molecule has 2 aliphatic rings. The van der Waals surface area contributed by atoms with Crippen molar-refractivity contribution in [3.8, 4) is 0 Å². The highest BCUT2D eigenvalue weighted by atomic mass is 14.7. The zero-order valence-corrected chi connectivity index (χ0v) is 6.34. The van der Waals surface area contributed by atoms with Crippen LogP contribution in [0.4, 0.5) is 0 Å². The molecule has 10 heavy (non-hydrogen) atoms. The largest absolute Gasteiger partial charge is 0.288 e. The second-order valence-electron chi connectivity index (χ2n) is 3.45. The van der Waals surface area contributed by atoms with Gasteiger partial charge in [0.2, 0.25) is 0 Å². The summed E-state index contributed by atoms with van der Waals surface area (Å²) in [6.45, 7) is 1.04. The summed E-state index contributed by atoms with van der Waals surface area (Å²) in [5.74, 6) is 1.69. The summed E-state index contributed by atoms with van der Waals surface area (Å²) >= 11 is 0. The van der Waals surface area contributed by atoms with Gasteiger partial charge in [-0.05, 0) is 25.2 Å². The lowest BCUT2D eigenvalue weighted by Crippen LogP contribution is -2.24. The second-order valence-corrected chi connectivity index (χ2v) is 3.45. The molecule has 55 valence electrons. The van der Waals surface area contributed by atoms with E-state index in [4.69, 9.17) is 0 Å². The summed E-state index contributed by atoms with van der Waals surface area (Å²) in [4.78, 5) is 4.21. The van der Waals surface area contributed by atoms with Crippen molar-refractivity contribution in [3.05, 3.63) is 0 Å². The Morgan fingerprint density at radius 3 is 2.90 bits per heavy atom. The summed E-state index contributed by atoms with van der Waals surface area (Å²) in [6, 6.07) is 0. The number of hydrogen-bond acceptors (Lipinski definition) is 1. The lowest BCUT2D eigenvalue weighted by molar-refractivity contribution is 0.282. The van der Waals surface area contributed by atoms with Gasteiger partial charge in [0.1, 0.15) is 0 Å². The van der Waals surface area contributed by atoms with E-state index in [2.05, 4.69) is 11.2 Å². The maximum absolute atomic E-state index is 4.21. The van der Waals surface area contributed by atoms with Crippen LogP contribution < -0.4 is 0 Å². The van der Waals surface area contributed by atoms with E-state index in [9.17, 15) is 0 Å². The third-order valence-corrected chi connectivity index (χ3v) is 2.78. The smallest absolute Gasteiger partial charge is 0.0595 e. The molecule has 1 aliphatic heterocycles. The average molecular weight is 136 g/mol. The van der Waals surface area contributed by atoms with E-state index >= 15 is 0 Å². The van der Waals surface area contributed by atoms with Gasteiger partial charge in [0, 0.05) is 12.5 Å². The molecule has 0 spiro atoms. The molecule has 1 fully saturated rings. The first-order chi connectivity index (χ1) is 4.97. The van der Waals surface area contributed by atoms with Gasteiger partial charge in [-0.15, -0.1) is 0 Å². The Balaban J connectivity index is 2.03. The number of aliphatic imine (C=N–C) groups is 1. The molecule has 0 bridgehead atoms. The topological polar surface area (TPSA) is 12.4 Å². The molecule has 0 aromatic carbocycles. The Hall–Kier alpha value is -0.330. The van der Waals surface area contributed by atoms with Crippen molar-refractivity contribution >= 4 is 6.21 Å². The van der Waals surface area contributed by atoms with Gasteiger partial charge in [0.05, 0.1) is 6.21 Å². The van der Waals surface area contributed by atoms with Gasteiger partial charge in [-0.2, -0.15) is 0 Å². The van der Waals surface area contributed by atoms with Crippen LogP contribution in [-0.2, 0) is 0 Å². The van der Waals surface area contributed by atoms with Crippen LogP contribution in [0.2, 0.25) is 0 Å². The number of rotatable bonds is 0. The van der Waals surface area contributed by atoms with Crippen molar-refractivity contribution in [3.63, 3.8) is 0 Å². The minimum Gasteiger partial charge on any atom is -0.288 e. The van der Waals surface area contributed by atoms with Gasteiger partial charge >= 0.3 is 0 Å². The zero-order valence-electron chi connectivity index (χ0n) is 6.34. The molecule has 0 aromatic rings. The van der Waals surface area contributed by atoms with Gasteiger partial charge in [-0.25, -0.2) is 0 Å². The van der Waals surface area contributed by atoms with Gasteiger partial charge in [-0.1, -0.05) is 12.8 Å². The molecule has 0 saturated heterocycles. The fourth-order valence-corrected chi connectivity index (χ4v) is 2.14. The van der Waals surface area contributed by atoms with E-state index < -0.39 is 0 Å². The highest BCUT2D eigenvalue weighted by Gasteiger charge is 2.25. The molecule has 2 unspecified atom stereocenters. The maximum Gasteiger partial charge on any atom is 0.0595 e. The van der Waals surface area contributed by atoms with Crippen molar-refractivity contribution < 1.29 is 0 Å². The zero-order chi connectivity index (χ0) is 6.81. The first kappa shape index (κ1) is 6.38. The Labute approximate surface area is 62.5 Å². The maximum atomic E-state index is 4.21. The fourth-order valence-electron chi connectivity index (χ4n) is 2.14. The van der Waals surface area contributed by atoms with Gasteiger partial charge < -0.3 is 0 Å². The van der Waals surface area contributed by atoms with Crippen molar-refractivity contribution in [1.29, 1.82) is 0 Å². The number of hydrogen-bond donors (Lipinski definition) is 0. The van der Waals surface area contributed by atoms with Crippen molar-refractivity contribution in [2.45, 2.75) is 32.1 Å². The standard InChI is InChI=1S/C9H14N/c1-2-4-9-7-10-6-5-8(9)3-1/h8-9H,1-6H2. The molecular weight excluding hydrogens is 122 g/mol. The minimum absolute atomic E-state index is 0.738. The third-order valence-electron chi connectivity index (χ3n) is 2.78.